The number of hydrogen-bond donors (Lipinski definition) is 1. The number of rotatable bonds is 2. The van der Waals surface area contributed by atoms with E-state index in [1.807, 2.05) is 13.8 Å². The summed E-state index contributed by atoms with van der Waals surface area (Å²) in [6.07, 6.45) is 0. The molecule has 108 valence electrons. The average molecular weight is 325 g/mol. The molecule has 7 heteroatoms. The smallest absolute Gasteiger partial charge is 0.243 e. The van der Waals surface area contributed by atoms with E-state index < -0.39 is 10.0 Å². The molecule has 1 aromatic rings. The SMILES string of the molecule is CC1CN(S(=O)(=O)c2ccc(Cl)cc2)CC(C)N1.Cl. The fourth-order valence-corrected chi connectivity index (χ4v) is 3.97. The van der Waals surface area contributed by atoms with Gasteiger partial charge in [0.05, 0.1) is 4.90 Å². The minimum absolute atomic E-state index is 0. The number of hydrogen-bond acceptors (Lipinski definition) is 3. The summed E-state index contributed by atoms with van der Waals surface area (Å²) in [5.74, 6) is 0. The van der Waals surface area contributed by atoms with Gasteiger partial charge in [0.25, 0.3) is 0 Å². The van der Waals surface area contributed by atoms with Gasteiger partial charge in [-0.05, 0) is 38.1 Å². The summed E-state index contributed by atoms with van der Waals surface area (Å²) in [5.41, 5.74) is 0. The van der Waals surface area contributed by atoms with Gasteiger partial charge < -0.3 is 5.32 Å². The van der Waals surface area contributed by atoms with Crippen LogP contribution in [0.2, 0.25) is 5.02 Å². The summed E-state index contributed by atoms with van der Waals surface area (Å²) in [5, 5.41) is 3.85. The summed E-state index contributed by atoms with van der Waals surface area (Å²) in [6, 6.07) is 6.63. The van der Waals surface area contributed by atoms with Gasteiger partial charge in [0, 0.05) is 30.2 Å². The number of benzene rings is 1. The molecule has 1 saturated heterocycles. The molecule has 1 aromatic carbocycles. The summed E-state index contributed by atoms with van der Waals surface area (Å²) in [7, 11) is -3.41. The Kier molecular flexibility index (Phi) is 5.65. The predicted octanol–water partition coefficient (Wildman–Crippen LogP) is 2.13. The lowest BCUT2D eigenvalue weighted by Gasteiger charge is -2.35. The topological polar surface area (TPSA) is 49.4 Å². The van der Waals surface area contributed by atoms with Crippen molar-refractivity contribution in [1.82, 2.24) is 9.62 Å². The van der Waals surface area contributed by atoms with E-state index >= 15 is 0 Å². The molecule has 0 amide bonds. The molecule has 2 atom stereocenters. The number of nitrogens with zero attached hydrogens (tertiary/aromatic N) is 1. The number of sulfonamides is 1. The van der Waals surface area contributed by atoms with Crippen LogP contribution in [0, 0.1) is 0 Å². The van der Waals surface area contributed by atoms with Crippen molar-refractivity contribution in [2.75, 3.05) is 13.1 Å². The Morgan fingerprint density at radius 3 is 2.11 bits per heavy atom. The average Bonchev–Trinajstić information content (AvgIpc) is 2.28. The van der Waals surface area contributed by atoms with Gasteiger partial charge in [-0.3, -0.25) is 0 Å². The van der Waals surface area contributed by atoms with Gasteiger partial charge >= 0.3 is 0 Å². The minimum atomic E-state index is -3.41. The first-order valence-corrected chi connectivity index (χ1v) is 7.73. The van der Waals surface area contributed by atoms with Crippen LogP contribution in [-0.4, -0.2) is 37.9 Å². The molecule has 1 heterocycles. The number of nitrogens with one attached hydrogen (secondary N) is 1. The third-order valence-electron chi connectivity index (χ3n) is 2.98. The van der Waals surface area contributed by atoms with Crippen LogP contribution in [0.25, 0.3) is 0 Å². The van der Waals surface area contributed by atoms with Crippen LogP contribution >= 0.6 is 24.0 Å². The first-order chi connectivity index (χ1) is 8.39. The second kappa shape index (κ2) is 6.41. The molecule has 0 aromatic heterocycles. The lowest BCUT2D eigenvalue weighted by Crippen LogP contribution is -2.55. The van der Waals surface area contributed by atoms with Crippen molar-refractivity contribution in [3.8, 4) is 0 Å². The maximum atomic E-state index is 12.4. The van der Waals surface area contributed by atoms with Gasteiger partial charge in [-0.15, -0.1) is 12.4 Å². The second-order valence-electron chi connectivity index (χ2n) is 4.74. The van der Waals surface area contributed by atoms with E-state index in [-0.39, 0.29) is 24.5 Å². The molecule has 1 aliphatic heterocycles. The van der Waals surface area contributed by atoms with Crippen LogP contribution in [0.5, 0.6) is 0 Å². The highest BCUT2D eigenvalue weighted by molar-refractivity contribution is 7.89. The molecule has 19 heavy (non-hydrogen) atoms. The lowest BCUT2D eigenvalue weighted by atomic mass is 10.2. The minimum Gasteiger partial charge on any atom is -0.309 e. The zero-order valence-electron chi connectivity index (χ0n) is 10.8. The van der Waals surface area contributed by atoms with E-state index in [4.69, 9.17) is 11.6 Å². The van der Waals surface area contributed by atoms with Crippen LogP contribution in [0.1, 0.15) is 13.8 Å². The van der Waals surface area contributed by atoms with Crippen molar-refractivity contribution < 1.29 is 8.42 Å². The molecule has 2 rings (SSSR count). The number of piperazine rings is 1. The molecular formula is C12H18Cl2N2O2S. The van der Waals surface area contributed by atoms with Gasteiger partial charge in [-0.2, -0.15) is 4.31 Å². The van der Waals surface area contributed by atoms with Crippen LogP contribution in [0.15, 0.2) is 29.2 Å². The fraction of sp³-hybridized carbons (Fsp3) is 0.500. The fourth-order valence-electron chi connectivity index (χ4n) is 2.23. The van der Waals surface area contributed by atoms with Gasteiger partial charge in [-0.25, -0.2) is 8.42 Å². The Balaban J connectivity index is 0.00000180. The quantitative estimate of drug-likeness (QED) is 0.906. The van der Waals surface area contributed by atoms with Crippen LogP contribution in [0.3, 0.4) is 0 Å². The molecule has 0 aliphatic carbocycles. The maximum Gasteiger partial charge on any atom is 0.243 e. The van der Waals surface area contributed by atoms with Gasteiger partial charge in [0.2, 0.25) is 10.0 Å². The highest BCUT2D eigenvalue weighted by Gasteiger charge is 2.31. The van der Waals surface area contributed by atoms with Crippen molar-refractivity contribution in [2.45, 2.75) is 30.8 Å². The summed E-state index contributed by atoms with van der Waals surface area (Å²) < 4.78 is 26.4. The molecule has 0 saturated carbocycles. The largest absolute Gasteiger partial charge is 0.309 e. The lowest BCUT2D eigenvalue weighted by molar-refractivity contribution is 0.263. The normalized spacial score (nSPS) is 24.8. The zero-order chi connectivity index (χ0) is 13.3. The van der Waals surface area contributed by atoms with Crippen molar-refractivity contribution in [3.05, 3.63) is 29.3 Å². The predicted molar refractivity (Wildman–Crippen MR) is 79.5 cm³/mol. The molecule has 2 unspecified atom stereocenters. The Hall–Kier alpha value is -0.330. The highest BCUT2D eigenvalue weighted by Crippen LogP contribution is 2.20. The molecule has 1 aliphatic rings. The first-order valence-electron chi connectivity index (χ1n) is 5.91. The van der Waals surface area contributed by atoms with Gasteiger partial charge in [-0.1, -0.05) is 11.6 Å². The molecule has 1 fully saturated rings. The van der Waals surface area contributed by atoms with Gasteiger partial charge in [0.15, 0.2) is 0 Å². The number of halogens is 2. The third kappa shape index (κ3) is 3.83. The Morgan fingerprint density at radius 1 is 1.16 bits per heavy atom. The maximum absolute atomic E-state index is 12.4. The summed E-state index contributed by atoms with van der Waals surface area (Å²) in [4.78, 5) is 0.299. The zero-order valence-corrected chi connectivity index (χ0v) is 13.2. The van der Waals surface area contributed by atoms with E-state index in [0.717, 1.165) is 0 Å². The standard InChI is InChI=1S/C12H17ClN2O2S.ClH/c1-9-7-15(8-10(2)14-9)18(16,17)12-5-3-11(13)4-6-12;/h3-6,9-10,14H,7-8H2,1-2H3;1H. The van der Waals surface area contributed by atoms with Crippen LogP contribution in [-0.2, 0) is 10.0 Å². The van der Waals surface area contributed by atoms with Crippen molar-refractivity contribution in [1.29, 1.82) is 0 Å². The van der Waals surface area contributed by atoms with Crippen LogP contribution in [0.4, 0.5) is 0 Å². The molecular weight excluding hydrogens is 307 g/mol. The van der Waals surface area contributed by atoms with Crippen molar-refractivity contribution >= 4 is 34.0 Å². The van der Waals surface area contributed by atoms with E-state index in [9.17, 15) is 8.42 Å². The Bertz CT molecular complexity index is 509. The summed E-state index contributed by atoms with van der Waals surface area (Å²) >= 11 is 5.78. The van der Waals surface area contributed by atoms with E-state index in [1.54, 1.807) is 24.3 Å². The van der Waals surface area contributed by atoms with Gasteiger partial charge in [0.1, 0.15) is 0 Å². The van der Waals surface area contributed by atoms with E-state index in [2.05, 4.69) is 5.32 Å². The molecule has 0 bridgehead atoms. The molecule has 0 spiro atoms. The molecule has 4 nitrogen and oxygen atoms in total. The second-order valence-corrected chi connectivity index (χ2v) is 7.12. The monoisotopic (exact) mass is 324 g/mol. The third-order valence-corrected chi connectivity index (χ3v) is 5.07. The Labute approximate surface area is 125 Å². The van der Waals surface area contributed by atoms with Crippen molar-refractivity contribution in [3.63, 3.8) is 0 Å². The highest BCUT2D eigenvalue weighted by atomic mass is 35.5. The first kappa shape index (κ1) is 16.7. The van der Waals surface area contributed by atoms with Crippen LogP contribution < -0.4 is 5.32 Å². The summed E-state index contributed by atoms with van der Waals surface area (Å²) in [6.45, 7) is 4.96. The van der Waals surface area contributed by atoms with E-state index in [1.165, 1.54) is 4.31 Å². The van der Waals surface area contributed by atoms with Crippen molar-refractivity contribution in [2.24, 2.45) is 0 Å². The molecule has 0 radical (unpaired) electrons. The van der Waals surface area contributed by atoms with E-state index in [0.29, 0.717) is 23.0 Å². The molecule has 1 N–H and O–H groups in total. The Morgan fingerprint density at radius 2 is 1.63 bits per heavy atom.